The highest BCUT2D eigenvalue weighted by atomic mass is 35.5. The van der Waals surface area contributed by atoms with Gasteiger partial charge in [0.15, 0.2) is 5.58 Å². The van der Waals surface area contributed by atoms with Crippen molar-refractivity contribution in [2.75, 3.05) is 0 Å². The Labute approximate surface area is 232 Å². The topological polar surface area (TPSA) is 55.6 Å². The number of piperidine rings is 1. The van der Waals surface area contributed by atoms with Gasteiger partial charge in [-0.25, -0.2) is 4.98 Å². The molecule has 7 heteroatoms. The van der Waals surface area contributed by atoms with Crippen LogP contribution in [0.15, 0.2) is 76.4 Å². The quantitative estimate of drug-likeness (QED) is 0.219. The third-order valence-corrected chi connectivity index (χ3v) is 8.79. The predicted octanol–water partition coefficient (Wildman–Crippen LogP) is 8.11. The minimum Gasteiger partial charge on any atom is -0.490 e. The Kier molecular flexibility index (Phi) is 7.10. The number of nitrogens with zero attached hydrogens (tertiary/aromatic N) is 2. The molecule has 1 aromatic heterocycles. The second-order valence-electron chi connectivity index (χ2n) is 10.6. The summed E-state index contributed by atoms with van der Waals surface area (Å²) < 4.78 is 12.3. The number of fused-ring (bicyclic) bond motifs is 3. The smallest absolute Gasteiger partial charge is 0.257 e. The van der Waals surface area contributed by atoms with Crippen LogP contribution in [0.4, 0.5) is 0 Å². The lowest BCUT2D eigenvalue weighted by atomic mass is 9.97. The van der Waals surface area contributed by atoms with Crippen LogP contribution < -0.4 is 4.74 Å². The van der Waals surface area contributed by atoms with E-state index in [0.29, 0.717) is 27.5 Å². The molecule has 2 fully saturated rings. The highest BCUT2D eigenvalue weighted by Crippen LogP contribution is 2.39. The maximum Gasteiger partial charge on any atom is 0.257 e. The molecule has 0 N–H and O–H groups in total. The molecule has 3 atom stereocenters. The van der Waals surface area contributed by atoms with Crippen molar-refractivity contribution in [3.05, 3.63) is 88.4 Å². The number of para-hydroxylation sites is 1. The summed E-state index contributed by atoms with van der Waals surface area (Å²) >= 11 is 7.57. The summed E-state index contributed by atoms with van der Waals surface area (Å²) in [5.74, 6) is 2.25. The van der Waals surface area contributed by atoms with E-state index in [1.807, 2.05) is 42.5 Å². The molecule has 2 saturated heterocycles. The predicted molar refractivity (Wildman–Crippen MR) is 152 cm³/mol. The lowest BCUT2D eigenvalue weighted by Crippen LogP contribution is -2.49. The van der Waals surface area contributed by atoms with E-state index in [2.05, 4.69) is 41.9 Å². The van der Waals surface area contributed by atoms with E-state index >= 15 is 0 Å². The minimum atomic E-state index is 0.133. The fourth-order valence-corrected chi connectivity index (χ4v) is 6.73. The molecule has 5 nitrogen and oxygen atoms in total. The minimum absolute atomic E-state index is 0.133. The molecule has 1 unspecified atom stereocenters. The maximum absolute atomic E-state index is 13.5. The molecule has 4 aromatic rings. The van der Waals surface area contributed by atoms with Crippen LogP contribution >= 0.6 is 23.4 Å². The Hall–Kier alpha value is -2.96. The Morgan fingerprint density at radius 1 is 1.08 bits per heavy atom. The van der Waals surface area contributed by atoms with Crippen LogP contribution in [0.25, 0.3) is 11.1 Å². The van der Waals surface area contributed by atoms with E-state index in [1.165, 1.54) is 17.3 Å². The fourth-order valence-electron chi connectivity index (χ4n) is 5.78. The van der Waals surface area contributed by atoms with Crippen LogP contribution in [-0.4, -0.2) is 34.0 Å². The number of amides is 1. The molecule has 1 amide bonds. The fraction of sp³-hybridized carbons (Fsp3) is 0.355. The van der Waals surface area contributed by atoms with Crippen LogP contribution in [0.1, 0.15) is 66.9 Å². The van der Waals surface area contributed by atoms with Gasteiger partial charge in [0, 0.05) is 47.3 Å². The van der Waals surface area contributed by atoms with Gasteiger partial charge in [-0.3, -0.25) is 4.79 Å². The molecule has 2 aliphatic rings. The summed E-state index contributed by atoms with van der Waals surface area (Å²) in [5, 5.41) is 1.24. The molecule has 0 radical (unpaired) electrons. The third-order valence-electron chi connectivity index (χ3n) is 7.65. The number of thioether (sulfide) groups is 1. The lowest BCUT2D eigenvalue weighted by molar-refractivity contribution is 0.0356. The number of ether oxygens (including phenoxy) is 1. The van der Waals surface area contributed by atoms with Gasteiger partial charge in [0.25, 0.3) is 11.1 Å². The van der Waals surface area contributed by atoms with Gasteiger partial charge in [-0.15, -0.1) is 0 Å². The summed E-state index contributed by atoms with van der Waals surface area (Å²) in [6.45, 7) is 4.40. The Morgan fingerprint density at radius 2 is 1.82 bits per heavy atom. The first-order valence-electron chi connectivity index (χ1n) is 13.3. The van der Waals surface area contributed by atoms with Gasteiger partial charge >= 0.3 is 0 Å². The number of aromatic nitrogens is 1. The van der Waals surface area contributed by atoms with Crippen LogP contribution in [0.5, 0.6) is 5.75 Å². The Morgan fingerprint density at radius 3 is 2.55 bits per heavy atom. The molecule has 196 valence electrons. The lowest BCUT2D eigenvalue weighted by Gasteiger charge is -2.39. The highest BCUT2D eigenvalue weighted by Gasteiger charge is 2.44. The summed E-state index contributed by atoms with van der Waals surface area (Å²) in [6, 6.07) is 22.2. The first-order valence-corrected chi connectivity index (χ1v) is 14.7. The number of rotatable bonds is 7. The van der Waals surface area contributed by atoms with Gasteiger partial charge in [-0.05, 0) is 60.2 Å². The molecule has 0 saturated carbocycles. The van der Waals surface area contributed by atoms with Gasteiger partial charge in [0.05, 0.1) is 0 Å². The van der Waals surface area contributed by atoms with Crippen LogP contribution in [0, 0.1) is 0 Å². The molecule has 38 heavy (non-hydrogen) atoms. The van der Waals surface area contributed by atoms with Gasteiger partial charge in [0.2, 0.25) is 0 Å². The average Bonchev–Trinajstić information content (AvgIpc) is 3.44. The number of halogens is 1. The highest BCUT2D eigenvalue weighted by molar-refractivity contribution is 7.98. The third kappa shape index (κ3) is 5.16. The number of hydrogen-bond acceptors (Lipinski definition) is 5. The number of oxazole rings is 1. The molecular weight excluding hydrogens is 516 g/mol. The average molecular weight is 547 g/mol. The van der Waals surface area contributed by atoms with Crippen LogP contribution in [-0.2, 0) is 5.75 Å². The van der Waals surface area contributed by atoms with Gasteiger partial charge in [-0.2, -0.15) is 0 Å². The van der Waals surface area contributed by atoms with Crippen molar-refractivity contribution in [3.63, 3.8) is 0 Å². The Balaban J connectivity index is 1.08. The molecular formula is C31H31ClN2O3S. The van der Waals surface area contributed by atoms with E-state index in [4.69, 9.17) is 20.8 Å². The molecule has 0 aliphatic carbocycles. The first-order chi connectivity index (χ1) is 18.4. The van der Waals surface area contributed by atoms with Crippen molar-refractivity contribution >= 4 is 40.4 Å². The zero-order valence-corrected chi connectivity index (χ0v) is 23.2. The summed E-state index contributed by atoms with van der Waals surface area (Å²) in [6.07, 6.45) is 4.02. The number of hydrogen-bond donors (Lipinski definition) is 0. The van der Waals surface area contributed by atoms with Crippen LogP contribution in [0.2, 0.25) is 5.02 Å². The summed E-state index contributed by atoms with van der Waals surface area (Å²) in [4.78, 5) is 20.2. The van der Waals surface area contributed by atoms with Crippen molar-refractivity contribution in [2.24, 2.45) is 0 Å². The second kappa shape index (κ2) is 10.7. The summed E-state index contributed by atoms with van der Waals surface area (Å²) in [5.41, 5.74) is 4.60. The molecule has 0 spiro atoms. The molecule has 2 aliphatic heterocycles. The monoisotopic (exact) mass is 546 g/mol. The standard InChI is InChI=1S/C31H31ClN2O3S/c1-19(2)26-5-3-4-6-28(26)36-25-16-23-12-13-24(17-25)34(23)30(35)21-9-7-20(8-10-21)18-38-31-33-27-14-11-22(32)15-29(27)37-31/h3-11,14-15,19,23-25H,12-13,16-18H2,1-2H3/t23-,24+,25?. The number of carbonyl (C=O) groups is 1. The SMILES string of the molecule is CC(C)c1ccccc1OC1C[C@H]2CC[C@@H](C1)N2C(=O)c1ccc(CSc2nc3ccc(Cl)cc3o2)cc1. The second-order valence-corrected chi connectivity index (χ2v) is 11.9. The van der Waals surface area contributed by atoms with E-state index in [-0.39, 0.29) is 24.1 Å². The van der Waals surface area contributed by atoms with E-state index in [9.17, 15) is 4.79 Å². The van der Waals surface area contributed by atoms with Crippen molar-refractivity contribution in [3.8, 4) is 5.75 Å². The molecule has 2 bridgehead atoms. The van der Waals surface area contributed by atoms with Crippen molar-refractivity contribution in [1.29, 1.82) is 0 Å². The Bertz CT molecular complexity index is 1440. The van der Waals surface area contributed by atoms with Crippen LogP contribution in [0.3, 0.4) is 0 Å². The molecule has 6 rings (SSSR count). The van der Waals surface area contributed by atoms with Gasteiger partial charge in [0.1, 0.15) is 17.4 Å². The number of carbonyl (C=O) groups excluding carboxylic acids is 1. The zero-order valence-electron chi connectivity index (χ0n) is 21.6. The van der Waals surface area contributed by atoms with Gasteiger partial charge < -0.3 is 14.1 Å². The molecule has 3 heterocycles. The zero-order chi connectivity index (χ0) is 26.2. The summed E-state index contributed by atoms with van der Waals surface area (Å²) in [7, 11) is 0. The van der Waals surface area contributed by atoms with Crippen molar-refractivity contribution in [2.45, 2.75) is 74.6 Å². The van der Waals surface area contributed by atoms with Gasteiger partial charge in [-0.1, -0.05) is 67.5 Å². The molecule has 3 aromatic carbocycles. The van der Waals surface area contributed by atoms with Crippen molar-refractivity contribution in [1.82, 2.24) is 9.88 Å². The maximum atomic E-state index is 13.5. The largest absolute Gasteiger partial charge is 0.490 e. The first kappa shape index (κ1) is 25.3. The number of benzene rings is 3. The van der Waals surface area contributed by atoms with Crippen molar-refractivity contribution < 1.29 is 13.9 Å². The van der Waals surface area contributed by atoms with E-state index < -0.39 is 0 Å². The normalized spacial score (nSPS) is 20.8. The van der Waals surface area contributed by atoms with E-state index in [1.54, 1.807) is 6.07 Å². The van der Waals surface area contributed by atoms with E-state index in [0.717, 1.165) is 48.1 Å².